The van der Waals surface area contributed by atoms with Crippen LogP contribution in [0, 0.1) is 13.8 Å². The summed E-state index contributed by atoms with van der Waals surface area (Å²) in [5.74, 6) is 0.827. The van der Waals surface area contributed by atoms with Crippen molar-refractivity contribution in [2.45, 2.75) is 13.8 Å². The highest BCUT2D eigenvalue weighted by Gasteiger charge is 2.30. The molecular weight excluding hydrogens is 404 g/mol. The van der Waals surface area contributed by atoms with E-state index in [0.717, 1.165) is 11.1 Å². The van der Waals surface area contributed by atoms with Crippen LogP contribution in [-0.4, -0.2) is 0 Å². The van der Waals surface area contributed by atoms with E-state index in [-0.39, 0.29) is 0 Å². The second-order valence-corrected chi connectivity index (χ2v) is 8.48. The van der Waals surface area contributed by atoms with E-state index >= 15 is 0 Å². The molecule has 0 aromatic heterocycles. The van der Waals surface area contributed by atoms with E-state index in [1.165, 1.54) is 0 Å². The zero-order valence-electron chi connectivity index (χ0n) is 14.8. The van der Waals surface area contributed by atoms with Crippen molar-refractivity contribution in [2.75, 3.05) is 5.09 Å². The predicted molar refractivity (Wildman–Crippen MR) is 111 cm³/mol. The normalized spacial score (nSPS) is 11.1. The first-order chi connectivity index (χ1) is 12.8. The molecule has 0 spiro atoms. The zero-order valence-corrected chi connectivity index (χ0v) is 17.2. The third-order valence-corrected chi connectivity index (χ3v) is 5.60. The van der Waals surface area contributed by atoms with Gasteiger partial charge in [0.25, 0.3) is 0 Å². The van der Waals surface area contributed by atoms with Crippen molar-refractivity contribution >= 4 is 36.6 Å². The van der Waals surface area contributed by atoms with Crippen molar-refractivity contribution in [3.63, 3.8) is 0 Å². The van der Waals surface area contributed by atoms with E-state index in [9.17, 15) is 4.57 Å². The number of rotatable bonds is 6. The molecule has 0 saturated heterocycles. The highest BCUT2D eigenvalue weighted by molar-refractivity contribution is 7.56. The largest absolute Gasteiger partial charge is 0.541 e. The van der Waals surface area contributed by atoms with Gasteiger partial charge in [-0.1, -0.05) is 47.5 Å². The second-order valence-electron chi connectivity index (χ2n) is 6.05. The minimum atomic E-state index is -3.86. The summed E-state index contributed by atoms with van der Waals surface area (Å²) >= 11 is 12.2. The topological polar surface area (TPSA) is 47.6 Å². The molecule has 0 heterocycles. The van der Waals surface area contributed by atoms with Gasteiger partial charge in [0.2, 0.25) is 0 Å². The Morgan fingerprint density at radius 1 is 0.815 bits per heavy atom. The number of aryl methyl sites for hydroxylation is 2. The lowest BCUT2D eigenvalue weighted by Gasteiger charge is -2.22. The fraction of sp³-hybridized carbons (Fsp3) is 0.100. The van der Waals surface area contributed by atoms with Gasteiger partial charge < -0.3 is 9.05 Å². The highest BCUT2D eigenvalue weighted by atomic mass is 35.5. The smallest absolute Gasteiger partial charge is 0.400 e. The number of anilines is 1. The average Bonchev–Trinajstić information content (AvgIpc) is 2.58. The number of hydrogen-bond donors (Lipinski definition) is 1. The monoisotopic (exact) mass is 421 g/mol. The maximum atomic E-state index is 13.6. The van der Waals surface area contributed by atoms with E-state index in [4.69, 9.17) is 32.2 Å². The van der Waals surface area contributed by atoms with Gasteiger partial charge in [0.05, 0.1) is 10.7 Å². The Morgan fingerprint density at radius 3 is 1.89 bits per heavy atom. The van der Waals surface area contributed by atoms with Crippen LogP contribution in [0.25, 0.3) is 0 Å². The average molecular weight is 422 g/mol. The van der Waals surface area contributed by atoms with Crippen LogP contribution in [0.2, 0.25) is 10.0 Å². The summed E-state index contributed by atoms with van der Waals surface area (Å²) in [6.07, 6.45) is 0. The summed E-state index contributed by atoms with van der Waals surface area (Å²) in [7, 11) is -3.86. The van der Waals surface area contributed by atoms with Gasteiger partial charge >= 0.3 is 7.75 Å². The van der Waals surface area contributed by atoms with Crippen molar-refractivity contribution in [1.29, 1.82) is 0 Å². The molecule has 140 valence electrons. The van der Waals surface area contributed by atoms with Crippen LogP contribution >= 0.6 is 30.9 Å². The van der Waals surface area contributed by atoms with Gasteiger partial charge in [-0.3, -0.25) is 5.09 Å². The third kappa shape index (κ3) is 5.43. The van der Waals surface area contributed by atoms with E-state index in [1.54, 1.807) is 42.5 Å². The molecule has 3 rings (SSSR count). The van der Waals surface area contributed by atoms with E-state index in [2.05, 4.69) is 5.09 Å². The van der Waals surface area contributed by atoms with Crippen LogP contribution in [0.4, 0.5) is 5.69 Å². The first-order valence-corrected chi connectivity index (χ1v) is 10.5. The molecule has 4 nitrogen and oxygen atoms in total. The molecular formula is C20H18Cl2NO3P. The van der Waals surface area contributed by atoms with Gasteiger partial charge in [-0.2, -0.15) is 0 Å². The number of hydrogen-bond acceptors (Lipinski definition) is 3. The Hall–Kier alpha value is -2.13. The van der Waals surface area contributed by atoms with Crippen LogP contribution in [0.1, 0.15) is 11.1 Å². The molecule has 0 atom stereocenters. The third-order valence-electron chi connectivity index (χ3n) is 3.62. The lowest BCUT2D eigenvalue weighted by atomic mass is 10.2. The maximum Gasteiger partial charge on any atom is 0.541 e. The minimum Gasteiger partial charge on any atom is -0.400 e. The maximum absolute atomic E-state index is 13.6. The summed E-state index contributed by atoms with van der Waals surface area (Å²) < 4.78 is 25.0. The number of benzene rings is 3. The molecule has 0 aliphatic carbocycles. The van der Waals surface area contributed by atoms with Crippen molar-refractivity contribution in [2.24, 2.45) is 0 Å². The predicted octanol–water partition coefficient (Wildman–Crippen LogP) is 7.29. The fourth-order valence-corrected chi connectivity index (χ4v) is 4.21. The molecule has 0 fully saturated rings. The van der Waals surface area contributed by atoms with Gasteiger partial charge in [-0.25, -0.2) is 4.57 Å². The van der Waals surface area contributed by atoms with Gasteiger partial charge in [0.15, 0.2) is 0 Å². The molecule has 27 heavy (non-hydrogen) atoms. The fourth-order valence-electron chi connectivity index (χ4n) is 2.42. The number of halogens is 2. The first kappa shape index (κ1) is 19.6. The molecule has 0 saturated carbocycles. The summed E-state index contributed by atoms with van der Waals surface area (Å²) in [6, 6.07) is 19.2. The van der Waals surface area contributed by atoms with Gasteiger partial charge in [-0.15, -0.1) is 0 Å². The Labute approximate surface area is 168 Å². The lowest BCUT2D eigenvalue weighted by molar-refractivity contribution is 0.392. The van der Waals surface area contributed by atoms with Crippen molar-refractivity contribution in [3.8, 4) is 11.5 Å². The molecule has 1 N–H and O–H groups in total. The molecule has 0 radical (unpaired) electrons. The van der Waals surface area contributed by atoms with E-state index in [1.807, 2.05) is 38.1 Å². The van der Waals surface area contributed by atoms with Crippen LogP contribution in [0.3, 0.4) is 0 Å². The molecule has 0 bridgehead atoms. The summed E-state index contributed by atoms with van der Waals surface area (Å²) in [4.78, 5) is 0. The summed E-state index contributed by atoms with van der Waals surface area (Å²) in [6.45, 7) is 3.83. The highest BCUT2D eigenvalue weighted by Crippen LogP contribution is 2.49. The van der Waals surface area contributed by atoms with Gasteiger partial charge in [0.1, 0.15) is 11.5 Å². The molecule has 3 aromatic rings. The SMILES string of the molecule is Cc1cccc(OP(=O)(Nc2cc(Cl)ccc2Cl)Oc2cccc(C)c2)c1. The zero-order chi connectivity index (χ0) is 19.4. The van der Waals surface area contributed by atoms with E-state index in [0.29, 0.717) is 27.2 Å². The van der Waals surface area contributed by atoms with Gasteiger partial charge in [0, 0.05) is 5.02 Å². The van der Waals surface area contributed by atoms with Crippen LogP contribution in [-0.2, 0) is 4.57 Å². The van der Waals surface area contributed by atoms with Crippen molar-refractivity contribution < 1.29 is 13.6 Å². The number of nitrogens with one attached hydrogen (secondary N) is 1. The standard InChI is InChI=1S/C20H18Cl2NO3P/c1-14-5-3-7-17(11-14)25-27(24,26-18-8-4-6-15(2)12-18)23-20-13-16(21)9-10-19(20)22/h3-13H,1-2H3,(H,23,24). The van der Waals surface area contributed by atoms with Crippen LogP contribution in [0.15, 0.2) is 66.7 Å². The first-order valence-electron chi connectivity index (χ1n) is 8.19. The van der Waals surface area contributed by atoms with Crippen LogP contribution in [0.5, 0.6) is 11.5 Å². The van der Waals surface area contributed by atoms with Gasteiger partial charge in [-0.05, 0) is 67.4 Å². The molecule has 0 unspecified atom stereocenters. The Bertz CT molecular complexity index is 959. The second kappa shape index (κ2) is 8.26. The summed E-state index contributed by atoms with van der Waals surface area (Å²) in [5, 5.41) is 3.59. The molecule has 3 aromatic carbocycles. The van der Waals surface area contributed by atoms with Crippen LogP contribution < -0.4 is 14.1 Å². The molecule has 0 aliphatic rings. The molecule has 0 aliphatic heterocycles. The summed E-state index contributed by atoms with van der Waals surface area (Å²) in [5.41, 5.74) is 2.29. The van der Waals surface area contributed by atoms with Crippen molar-refractivity contribution in [3.05, 3.63) is 87.9 Å². The Balaban J connectivity index is 1.96. The Morgan fingerprint density at radius 2 is 1.37 bits per heavy atom. The quantitative estimate of drug-likeness (QED) is 0.424. The lowest BCUT2D eigenvalue weighted by Crippen LogP contribution is -2.10. The molecule has 7 heteroatoms. The Kier molecular flexibility index (Phi) is 6.01. The minimum absolute atomic E-state index is 0.348. The molecule has 0 amide bonds. The van der Waals surface area contributed by atoms with E-state index < -0.39 is 7.75 Å². The van der Waals surface area contributed by atoms with Crippen molar-refractivity contribution in [1.82, 2.24) is 0 Å².